The number of tetrazole rings is 1. The molecule has 0 spiro atoms. The van der Waals surface area contributed by atoms with Crippen molar-refractivity contribution < 1.29 is 4.79 Å². The van der Waals surface area contributed by atoms with Gasteiger partial charge in [-0.05, 0) is 5.21 Å². The normalized spacial score (nSPS) is 29.2. The molecule has 3 atom stereocenters. The van der Waals surface area contributed by atoms with Gasteiger partial charge in [0, 0.05) is 16.3 Å². The summed E-state index contributed by atoms with van der Waals surface area (Å²) in [5.41, 5.74) is 0. The van der Waals surface area contributed by atoms with Crippen molar-refractivity contribution in [2.24, 2.45) is 7.05 Å². The van der Waals surface area contributed by atoms with Crippen LogP contribution in [0.2, 0.25) is 0 Å². The molecular formula is C10H16N4OS2. The van der Waals surface area contributed by atoms with Crippen LogP contribution < -0.4 is 0 Å². The Balaban J connectivity index is 1.92. The van der Waals surface area contributed by atoms with Crippen LogP contribution >= 0.6 is 23.5 Å². The molecule has 94 valence electrons. The Morgan fingerprint density at radius 2 is 2.24 bits per heavy atom. The molecule has 2 heterocycles. The van der Waals surface area contributed by atoms with Crippen LogP contribution in [0.15, 0.2) is 0 Å². The Bertz CT molecular complexity index is 409. The first-order valence-electron chi connectivity index (χ1n) is 5.59. The van der Waals surface area contributed by atoms with E-state index in [1.165, 1.54) is 4.80 Å². The van der Waals surface area contributed by atoms with Crippen molar-refractivity contribution >= 4 is 29.3 Å². The lowest BCUT2D eigenvalue weighted by Gasteiger charge is -2.30. The molecule has 17 heavy (non-hydrogen) atoms. The van der Waals surface area contributed by atoms with Crippen LogP contribution in [-0.4, -0.2) is 47.5 Å². The molecule has 1 aromatic rings. The van der Waals surface area contributed by atoms with Crippen molar-refractivity contribution in [2.45, 2.75) is 36.0 Å². The number of thioether (sulfide) groups is 2. The molecule has 1 saturated heterocycles. The predicted octanol–water partition coefficient (Wildman–Crippen LogP) is 0.947. The summed E-state index contributed by atoms with van der Waals surface area (Å²) in [6, 6.07) is 0. The van der Waals surface area contributed by atoms with Gasteiger partial charge in [0.15, 0.2) is 11.6 Å². The Morgan fingerprint density at radius 3 is 2.82 bits per heavy atom. The van der Waals surface area contributed by atoms with Gasteiger partial charge in [0.05, 0.1) is 18.7 Å². The van der Waals surface area contributed by atoms with Gasteiger partial charge >= 0.3 is 0 Å². The van der Waals surface area contributed by atoms with Crippen LogP contribution in [0.4, 0.5) is 0 Å². The van der Waals surface area contributed by atoms with Crippen LogP contribution in [0.1, 0.15) is 19.7 Å². The van der Waals surface area contributed by atoms with Crippen molar-refractivity contribution in [3.8, 4) is 0 Å². The number of carbonyl (C=O) groups is 1. The SMILES string of the molecule is CC1SCC(C(=O)Cc2nnn(C)n2)SC1C. The van der Waals surface area contributed by atoms with Gasteiger partial charge in [-0.15, -0.1) is 22.0 Å². The average Bonchev–Trinajstić information content (AvgIpc) is 2.68. The van der Waals surface area contributed by atoms with Gasteiger partial charge in [-0.1, -0.05) is 13.8 Å². The maximum atomic E-state index is 12.1. The molecule has 1 aromatic heterocycles. The second-order valence-electron chi connectivity index (χ2n) is 4.21. The second kappa shape index (κ2) is 5.39. The smallest absolute Gasteiger partial charge is 0.182 e. The fraction of sp³-hybridized carbons (Fsp3) is 0.800. The molecule has 0 saturated carbocycles. The summed E-state index contributed by atoms with van der Waals surface area (Å²) in [7, 11) is 1.70. The van der Waals surface area contributed by atoms with Gasteiger partial charge in [-0.2, -0.15) is 16.6 Å². The standard InChI is InChI=1S/C10H16N4OS2/c1-6-7(2)17-9(5-16-6)8(15)4-10-11-13-14(3)12-10/h6-7,9H,4-5H2,1-3H3. The zero-order valence-electron chi connectivity index (χ0n) is 10.2. The molecule has 0 aliphatic carbocycles. The first-order valence-corrected chi connectivity index (χ1v) is 7.58. The summed E-state index contributed by atoms with van der Waals surface area (Å²) in [4.78, 5) is 13.5. The molecule has 1 aliphatic heterocycles. The van der Waals surface area contributed by atoms with Crippen molar-refractivity contribution in [1.29, 1.82) is 0 Å². The highest BCUT2D eigenvalue weighted by molar-refractivity contribution is 8.08. The van der Waals surface area contributed by atoms with Crippen molar-refractivity contribution in [3.63, 3.8) is 0 Å². The molecule has 0 radical (unpaired) electrons. The molecule has 5 nitrogen and oxygen atoms in total. The third-order valence-electron chi connectivity index (χ3n) is 2.79. The van der Waals surface area contributed by atoms with Crippen LogP contribution in [-0.2, 0) is 18.3 Å². The minimum atomic E-state index is 0.0787. The number of rotatable bonds is 3. The number of aromatic nitrogens is 4. The van der Waals surface area contributed by atoms with E-state index in [0.29, 0.717) is 22.7 Å². The van der Waals surface area contributed by atoms with E-state index in [2.05, 4.69) is 29.3 Å². The average molecular weight is 272 g/mol. The third-order valence-corrected chi connectivity index (χ3v) is 6.23. The number of nitrogens with zero attached hydrogens (tertiary/aromatic N) is 4. The van der Waals surface area contributed by atoms with E-state index in [1.807, 2.05) is 11.8 Å². The summed E-state index contributed by atoms with van der Waals surface area (Å²) in [5.74, 6) is 1.64. The first kappa shape index (κ1) is 12.9. The molecular weight excluding hydrogens is 256 g/mol. The highest BCUT2D eigenvalue weighted by atomic mass is 32.2. The Kier molecular flexibility index (Phi) is 4.09. The zero-order valence-corrected chi connectivity index (χ0v) is 11.8. The highest BCUT2D eigenvalue weighted by Crippen LogP contribution is 2.36. The molecule has 0 N–H and O–H groups in total. The zero-order chi connectivity index (χ0) is 12.4. The second-order valence-corrected chi connectivity index (χ2v) is 7.20. The van der Waals surface area contributed by atoms with E-state index < -0.39 is 0 Å². The lowest BCUT2D eigenvalue weighted by molar-refractivity contribution is -0.117. The quantitative estimate of drug-likeness (QED) is 0.816. The third kappa shape index (κ3) is 3.22. The largest absolute Gasteiger partial charge is 0.298 e. The summed E-state index contributed by atoms with van der Waals surface area (Å²) < 4.78 is 0. The molecule has 2 rings (SSSR count). The maximum absolute atomic E-state index is 12.1. The molecule has 1 fully saturated rings. The van der Waals surface area contributed by atoms with E-state index in [-0.39, 0.29) is 11.0 Å². The van der Waals surface area contributed by atoms with Crippen LogP contribution in [0, 0.1) is 0 Å². The Hall–Kier alpha value is -0.560. The summed E-state index contributed by atoms with van der Waals surface area (Å²) in [6.45, 7) is 4.40. The van der Waals surface area contributed by atoms with Gasteiger partial charge < -0.3 is 0 Å². The molecule has 0 amide bonds. The molecule has 0 bridgehead atoms. The fourth-order valence-corrected chi connectivity index (χ4v) is 4.50. The number of Topliss-reactive ketones (excluding diaryl/α,β-unsaturated/α-hetero) is 1. The van der Waals surface area contributed by atoms with Crippen LogP contribution in [0.5, 0.6) is 0 Å². The number of hydrogen-bond acceptors (Lipinski definition) is 6. The minimum Gasteiger partial charge on any atom is -0.298 e. The number of aryl methyl sites for hydroxylation is 1. The molecule has 0 aromatic carbocycles. The number of ketones is 1. The molecule has 7 heteroatoms. The lowest BCUT2D eigenvalue weighted by Crippen LogP contribution is -2.32. The maximum Gasteiger partial charge on any atom is 0.182 e. The van der Waals surface area contributed by atoms with Crippen molar-refractivity contribution in [2.75, 3.05) is 5.75 Å². The molecule has 3 unspecified atom stereocenters. The number of hydrogen-bond donors (Lipinski definition) is 0. The van der Waals surface area contributed by atoms with E-state index in [9.17, 15) is 4.79 Å². The van der Waals surface area contributed by atoms with Crippen LogP contribution in [0.25, 0.3) is 0 Å². The summed E-state index contributed by atoms with van der Waals surface area (Å²) >= 11 is 3.65. The highest BCUT2D eigenvalue weighted by Gasteiger charge is 2.30. The van der Waals surface area contributed by atoms with E-state index in [4.69, 9.17) is 0 Å². The minimum absolute atomic E-state index is 0.0787. The van der Waals surface area contributed by atoms with Gasteiger partial charge in [0.1, 0.15) is 0 Å². The van der Waals surface area contributed by atoms with Gasteiger partial charge in [-0.3, -0.25) is 4.79 Å². The van der Waals surface area contributed by atoms with Gasteiger partial charge in [0.25, 0.3) is 0 Å². The van der Waals surface area contributed by atoms with E-state index in [1.54, 1.807) is 18.8 Å². The van der Waals surface area contributed by atoms with E-state index >= 15 is 0 Å². The summed E-state index contributed by atoms with van der Waals surface area (Å²) in [6.07, 6.45) is 0.299. The van der Waals surface area contributed by atoms with Crippen LogP contribution in [0.3, 0.4) is 0 Å². The van der Waals surface area contributed by atoms with Crippen molar-refractivity contribution in [3.05, 3.63) is 5.82 Å². The van der Waals surface area contributed by atoms with E-state index in [0.717, 1.165) is 5.75 Å². The number of carbonyl (C=O) groups excluding carboxylic acids is 1. The monoisotopic (exact) mass is 272 g/mol. The van der Waals surface area contributed by atoms with Gasteiger partial charge in [0.2, 0.25) is 0 Å². The Labute approximate surface area is 109 Å². The lowest BCUT2D eigenvalue weighted by atomic mass is 10.2. The predicted molar refractivity (Wildman–Crippen MR) is 70.3 cm³/mol. The first-order chi connectivity index (χ1) is 8.06. The molecule has 1 aliphatic rings. The fourth-order valence-electron chi connectivity index (χ4n) is 1.62. The summed E-state index contributed by atoms with van der Waals surface area (Å²) in [5, 5.41) is 12.8. The van der Waals surface area contributed by atoms with Gasteiger partial charge in [-0.25, -0.2) is 0 Å². The topological polar surface area (TPSA) is 60.7 Å². The van der Waals surface area contributed by atoms with Crippen molar-refractivity contribution in [1.82, 2.24) is 20.2 Å². The Morgan fingerprint density at radius 1 is 1.47 bits per heavy atom.